The lowest BCUT2D eigenvalue weighted by atomic mass is 10.0. The number of benzene rings is 2. The molecule has 0 spiro atoms. The van der Waals surface area contributed by atoms with Gasteiger partial charge in [0, 0.05) is 5.75 Å². The summed E-state index contributed by atoms with van der Waals surface area (Å²) in [4.78, 5) is 26.4. The summed E-state index contributed by atoms with van der Waals surface area (Å²) in [6, 6.07) is 18.6. The van der Waals surface area contributed by atoms with Gasteiger partial charge in [-0.1, -0.05) is 60.7 Å². The van der Waals surface area contributed by atoms with Crippen LogP contribution in [-0.2, 0) is 14.3 Å². The Labute approximate surface area is 155 Å². The average Bonchev–Trinajstić information content (AvgIpc) is 2.72. The standard InChI is InChI=1S/C20H18N2O3S/c21-16-18(23)22-15(11-12-26-19(16)22)20(24)25-17(13-7-3-1-4-8-13)14-9-5-2-6-10-14/h1-11,16-17,19H,12,21H2. The largest absolute Gasteiger partial charge is 0.448 e. The predicted octanol–water partition coefficient (Wildman–Crippen LogP) is 2.45. The zero-order valence-electron chi connectivity index (χ0n) is 13.9. The Hall–Kier alpha value is -2.57. The van der Waals surface area contributed by atoms with E-state index in [-0.39, 0.29) is 17.0 Å². The van der Waals surface area contributed by atoms with Crippen LogP contribution in [0.2, 0.25) is 0 Å². The number of ether oxygens (including phenoxy) is 1. The maximum atomic E-state index is 12.9. The van der Waals surface area contributed by atoms with Crippen LogP contribution in [0.3, 0.4) is 0 Å². The fourth-order valence-electron chi connectivity index (χ4n) is 3.18. The lowest BCUT2D eigenvalue weighted by molar-refractivity contribution is -0.152. The Morgan fingerprint density at radius 2 is 1.65 bits per heavy atom. The topological polar surface area (TPSA) is 72.6 Å². The van der Waals surface area contributed by atoms with Gasteiger partial charge in [0.05, 0.1) is 0 Å². The molecule has 0 aromatic heterocycles. The smallest absolute Gasteiger partial charge is 0.355 e. The lowest BCUT2D eigenvalue weighted by Gasteiger charge is -2.47. The van der Waals surface area contributed by atoms with E-state index in [0.717, 1.165) is 11.1 Å². The van der Waals surface area contributed by atoms with Gasteiger partial charge in [0.25, 0.3) is 0 Å². The molecule has 0 radical (unpaired) electrons. The van der Waals surface area contributed by atoms with Crippen molar-refractivity contribution in [2.75, 3.05) is 5.75 Å². The van der Waals surface area contributed by atoms with Gasteiger partial charge in [-0.15, -0.1) is 11.8 Å². The van der Waals surface area contributed by atoms with E-state index >= 15 is 0 Å². The first kappa shape index (κ1) is 16.9. The number of β-lactam (4-membered cyclic amide) rings is 1. The van der Waals surface area contributed by atoms with E-state index in [0.29, 0.717) is 5.75 Å². The molecule has 5 nitrogen and oxygen atoms in total. The zero-order chi connectivity index (χ0) is 18.1. The van der Waals surface area contributed by atoms with Crippen molar-refractivity contribution in [1.82, 2.24) is 4.90 Å². The Kier molecular flexibility index (Phi) is 4.53. The molecule has 0 bridgehead atoms. The minimum absolute atomic E-state index is 0.179. The molecular formula is C20H18N2O3S. The van der Waals surface area contributed by atoms with Crippen LogP contribution in [-0.4, -0.2) is 33.9 Å². The second-order valence-corrected chi connectivity index (χ2v) is 7.30. The van der Waals surface area contributed by atoms with Crippen molar-refractivity contribution in [3.8, 4) is 0 Å². The fourth-order valence-corrected chi connectivity index (χ4v) is 4.32. The van der Waals surface area contributed by atoms with Crippen LogP contribution in [0.1, 0.15) is 17.2 Å². The molecule has 1 fully saturated rings. The molecule has 2 unspecified atom stereocenters. The molecule has 1 saturated heterocycles. The highest BCUT2D eigenvalue weighted by atomic mass is 32.2. The number of carbonyl (C=O) groups is 2. The Morgan fingerprint density at radius 3 is 2.23 bits per heavy atom. The van der Waals surface area contributed by atoms with Crippen molar-refractivity contribution in [3.05, 3.63) is 83.6 Å². The third-order valence-electron chi connectivity index (χ3n) is 4.53. The molecule has 2 aromatic carbocycles. The number of nitrogens with two attached hydrogens (primary N) is 1. The lowest BCUT2D eigenvalue weighted by Crippen LogP contribution is -2.68. The molecule has 2 atom stereocenters. The Morgan fingerprint density at radius 1 is 1.08 bits per heavy atom. The van der Waals surface area contributed by atoms with Crippen molar-refractivity contribution in [3.63, 3.8) is 0 Å². The molecule has 2 heterocycles. The van der Waals surface area contributed by atoms with Gasteiger partial charge in [-0.05, 0) is 17.2 Å². The minimum Gasteiger partial charge on any atom is -0.448 e. The van der Waals surface area contributed by atoms with Gasteiger partial charge in [-0.3, -0.25) is 9.69 Å². The van der Waals surface area contributed by atoms with Crippen molar-refractivity contribution in [2.24, 2.45) is 5.73 Å². The maximum absolute atomic E-state index is 12.9. The van der Waals surface area contributed by atoms with Gasteiger partial charge in [-0.25, -0.2) is 4.79 Å². The highest BCUT2D eigenvalue weighted by Gasteiger charge is 2.50. The molecule has 2 N–H and O–H groups in total. The van der Waals surface area contributed by atoms with Crippen LogP contribution in [0.25, 0.3) is 0 Å². The third-order valence-corrected chi connectivity index (χ3v) is 5.73. The first-order valence-corrected chi connectivity index (χ1v) is 9.43. The van der Waals surface area contributed by atoms with E-state index in [2.05, 4.69) is 0 Å². The van der Waals surface area contributed by atoms with Gasteiger partial charge in [0.2, 0.25) is 5.91 Å². The molecule has 26 heavy (non-hydrogen) atoms. The summed E-state index contributed by atoms with van der Waals surface area (Å²) in [5.41, 5.74) is 7.87. The number of rotatable bonds is 4. The third kappa shape index (κ3) is 2.91. The number of nitrogens with zero attached hydrogens (tertiary/aromatic N) is 1. The highest BCUT2D eigenvalue weighted by molar-refractivity contribution is 8.00. The number of hydrogen-bond donors (Lipinski definition) is 1. The summed E-state index contributed by atoms with van der Waals surface area (Å²) in [6.07, 6.45) is 1.20. The summed E-state index contributed by atoms with van der Waals surface area (Å²) >= 11 is 1.55. The normalized spacial score (nSPS) is 21.7. The quantitative estimate of drug-likeness (QED) is 0.665. The average molecular weight is 366 g/mol. The predicted molar refractivity (Wildman–Crippen MR) is 100.0 cm³/mol. The van der Waals surface area contributed by atoms with E-state index < -0.39 is 18.1 Å². The van der Waals surface area contributed by atoms with E-state index in [1.54, 1.807) is 17.8 Å². The number of hydrogen-bond acceptors (Lipinski definition) is 5. The molecule has 2 aliphatic rings. The zero-order valence-corrected chi connectivity index (χ0v) is 14.8. The van der Waals surface area contributed by atoms with Crippen molar-refractivity contribution >= 4 is 23.6 Å². The van der Waals surface area contributed by atoms with Crippen LogP contribution in [0.15, 0.2) is 72.4 Å². The summed E-state index contributed by atoms with van der Waals surface area (Å²) in [7, 11) is 0. The van der Waals surface area contributed by atoms with Gasteiger partial charge < -0.3 is 10.5 Å². The first-order valence-electron chi connectivity index (χ1n) is 8.38. The molecule has 1 amide bonds. The first-order chi connectivity index (χ1) is 12.7. The SMILES string of the molecule is NC1C(=O)N2C(C(=O)OC(c3ccccc3)c3ccccc3)=CCSC12. The Bertz CT molecular complexity index is 814. The second-order valence-electron chi connectivity index (χ2n) is 6.15. The fraction of sp³-hybridized carbons (Fsp3) is 0.200. The summed E-state index contributed by atoms with van der Waals surface area (Å²) < 4.78 is 5.85. The van der Waals surface area contributed by atoms with Crippen LogP contribution < -0.4 is 5.73 Å². The summed E-state index contributed by atoms with van der Waals surface area (Å²) in [5.74, 6) is -0.108. The molecule has 2 aliphatic heterocycles. The van der Waals surface area contributed by atoms with E-state index in [1.807, 2.05) is 60.7 Å². The Balaban J connectivity index is 1.61. The van der Waals surface area contributed by atoms with Crippen molar-refractivity contribution < 1.29 is 14.3 Å². The number of carbonyl (C=O) groups excluding carboxylic acids is 2. The van der Waals surface area contributed by atoms with Crippen molar-refractivity contribution in [2.45, 2.75) is 17.5 Å². The molecular weight excluding hydrogens is 348 g/mol. The summed E-state index contributed by atoms with van der Waals surface area (Å²) in [5, 5.41) is -0.179. The van der Waals surface area contributed by atoms with E-state index in [9.17, 15) is 9.59 Å². The molecule has 0 saturated carbocycles. The second kappa shape index (κ2) is 6.97. The molecule has 2 aromatic rings. The van der Waals surface area contributed by atoms with E-state index in [4.69, 9.17) is 10.5 Å². The molecule has 4 rings (SSSR count). The number of thioether (sulfide) groups is 1. The number of esters is 1. The molecule has 0 aliphatic carbocycles. The van der Waals surface area contributed by atoms with Crippen LogP contribution in [0.4, 0.5) is 0 Å². The van der Waals surface area contributed by atoms with Crippen LogP contribution in [0.5, 0.6) is 0 Å². The molecule has 6 heteroatoms. The van der Waals surface area contributed by atoms with Gasteiger partial charge in [0.1, 0.15) is 17.1 Å². The van der Waals surface area contributed by atoms with Crippen LogP contribution in [0, 0.1) is 0 Å². The van der Waals surface area contributed by atoms with Gasteiger partial charge >= 0.3 is 5.97 Å². The maximum Gasteiger partial charge on any atom is 0.355 e. The monoisotopic (exact) mass is 366 g/mol. The minimum atomic E-state index is -0.546. The van der Waals surface area contributed by atoms with Gasteiger partial charge in [-0.2, -0.15) is 0 Å². The van der Waals surface area contributed by atoms with Crippen molar-refractivity contribution in [1.29, 1.82) is 0 Å². The van der Waals surface area contributed by atoms with Gasteiger partial charge in [0.15, 0.2) is 6.10 Å². The molecule has 132 valence electrons. The number of fused-ring (bicyclic) bond motifs is 1. The highest BCUT2D eigenvalue weighted by Crippen LogP contribution is 2.37. The van der Waals surface area contributed by atoms with E-state index in [1.165, 1.54) is 4.90 Å². The van der Waals surface area contributed by atoms with Crippen LogP contribution >= 0.6 is 11.8 Å². The summed E-state index contributed by atoms with van der Waals surface area (Å²) in [6.45, 7) is 0. The number of amides is 1.